The maximum atomic E-state index is 5.21. The SMILES string of the molecule is CCNCc1nc(-c2cc(C)c3ccccc3n2)no1. The Kier molecular flexibility index (Phi) is 3.43. The standard InChI is InChI=1S/C15H16N4O/c1-3-16-9-14-18-15(19-20-14)13-8-10(2)11-6-4-5-7-12(11)17-13/h4-8,16H,3,9H2,1-2H3. The predicted molar refractivity (Wildman–Crippen MR) is 77.2 cm³/mol. The minimum atomic E-state index is 0.534. The van der Waals surface area contributed by atoms with Gasteiger partial charge in [0.1, 0.15) is 5.69 Å². The van der Waals surface area contributed by atoms with Gasteiger partial charge < -0.3 is 9.84 Å². The van der Waals surface area contributed by atoms with Gasteiger partial charge in [-0.1, -0.05) is 30.3 Å². The number of aromatic nitrogens is 3. The van der Waals surface area contributed by atoms with Gasteiger partial charge in [0.05, 0.1) is 12.1 Å². The third kappa shape index (κ3) is 2.40. The van der Waals surface area contributed by atoms with Crippen molar-refractivity contribution in [2.45, 2.75) is 20.4 Å². The first-order valence-electron chi connectivity index (χ1n) is 6.68. The summed E-state index contributed by atoms with van der Waals surface area (Å²) in [5.41, 5.74) is 2.84. The highest BCUT2D eigenvalue weighted by Crippen LogP contribution is 2.22. The molecule has 0 aliphatic carbocycles. The number of para-hydroxylation sites is 1. The lowest BCUT2D eigenvalue weighted by molar-refractivity contribution is 0.369. The monoisotopic (exact) mass is 268 g/mol. The van der Waals surface area contributed by atoms with Crippen molar-refractivity contribution < 1.29 is 4.52 Å². The average molecular weight is 268 g/mol. The molecule has 20 heavy (non-hydrogen) atoms. The number of hydrogen-bond donors (Lipinski definition) is 1. The van der Waals surface area contributed by atoms with Crippen molar-refractivity contribution in [2.75, 3.05) is 6.54 Å². The van der Waals surface area contributed by atoms with E-state index in [1.807, 2.05) is 31.2 Å². The van der Waals surface area contributed by atoms with Crippen molar-refractivity contribution in [2.24, 2.45) is 0 Å². The Balaban J connectivity index is 1.99. The van der Waals surface area contributed by atoms with E-state index in [1.165, 1.54) is 0 Å². The second-order valence-corrected chi connectivity index (χ2v) is 4.63. The molecule has 5 heteroatoms. The van der Waals surface area contributed by atoms with Gasteiger partial charge in [-0.15, -0.1) is 0 Å². The van der Waals surface area contributed by atoms with Gasteiger partial charge in [-0.25, -0.2) is 4.98 Å². The molecule has 0 atom stereocenters. The molecule has 0 unspecified atom stereocenters. The molecule has 0 fully saturated rings. The van der Waals surface area contributed by atoms with Gasteiger partial charge in [-0.2, -0.15) is 4.98 Å². The number of rotatable bonds is 4. The molecule has 102 valence electrons. The van der Waals surface area contributed by atoms with Crippen LogP contribution in [-0.4, -0.2) is 21.7 Å². The number of nitrogens with one attached hydrogen (secondary N) is 1. The molecule has 5 nitrogen and oxygen atoms in total. The molecule has 0 radical (unpaired) electrons. The number of pyridine rings is 1. The Morgan fingerprint density at radius 2 is 2.05 bits per heavy atom. The first-order valence-corrected chi connectivity index (χ1v) is 6.68. The van der Waals surface area contributed by atoms with Crippen molar-refractivity contribution in [1.29, 1.82) is 0 Å². The summed E-state index contributed by atoms with van der Waals surface area (Å²) in [6.45, 7) is 5.54. The van der Waals surface area contributed by atoms with Crippen LogP contribution in [0.1, 0.15) is 18.4 Å². The Morgan fingerprint density at radius 3 is 2.90 bits per heavy atom. The molecule has 0 aliphatic rings. The summed E-state index contributed by atoms with van der Waals surface area (Å²) >= 11 is 0. The van der Waals surface area contributed by atoms with Crippen LogP contribution in [-0.2, 0) is 6.54 Å². The van der Waals surface area contributed by atoms with Crippen LogP contribution in [0.25, 0.3) is 22.4 Å². The number of fused-ring (bicyclic) bond motifs is 1. The zero-order chi connectivity index (χ0) is 13.9. The van der Waals surface area contributed by atoms with Crippen molar-refractivity contribution in [3.05, 3.63) is 41.8 Å². The Hall–Kier alpha value is -2.27. The molecule has 0 amide bonds. The summed E-state index contributed by atoms with van der Waals surface area (Å²) in [6, 6.07) is 10.0. The number of benzene rings is 1. The number of nitrogens with zero attached hydrogens (tertiary/aromatic N) is 3. The molecule has 3 aromatic rings. The largest absolute Gasteiger partial charge is 0.337 e. The van der Waals surface area contributed by atoms with Crippen LogP contribution in [0.5, 0.6) is 0 Å². The summed E-state index contributed by atoms with van der Waals surface area (Å²) in [5, 5.41) is 8.30. The predicted octanol–water partition coefficient (Wildman–Crippen LogP) is 2.70. The summed E-state index contributed by atoms with van der Waals surface area (Å²) in [7, 11) is 0. The van der Waals surface area contributed by atoms with Gasteiger partial charge in [0.2, 0.25) is 11.7 Å². The van der Waals surface area contributed by atoms with E-state index in [4.69, 9.17) is 4.52 Å². The van der Waals surface area contributed by atoms with Gasteiger partial charge in [0.15, 0.2) is 0 Å². The van der Waals surface area contributed by atoms with Crippen LogP contribution in [0.3, 0.4) is 0 Å². The maximum absolute atomic E-state index is 5.21. The molecule has 0 bridgehead atoms. The Bertz CT molecular complexity index is 736. The fourth-order valence-corrected chi connectivity index (χ4v) is 2.13. The van der Waals surface area contributed by atoms with E-state index in [0.717, 1.165) is 28.7 Å². The molecule has 2 aromatic heterocycles. The topological polar surface area (TPSA) is 63.8 Å². The van der Waals surface area contributed by atoms with Gasteiger partial charge in [0, 0.05) is 5.39 Å². The smallest absolute Gasteiger partial charge is 0.240 e. The molecule has 2 heterocycles. The lowest BCUT2D eigenvalue weighted by atomic mass is 10.1. The van der Waals surface area contributed by atoms with E-state index in [2.05, 4.69) is 33.4 Å². The zero-order valence-electron chi connectivity index (χ0n) is 11.6. The minimum Gasteiger partial charge on any atom is -0.337 e. The molecule has 3 rings (SSSR count). The van der Waals surface area contributed by atoms with E-state index in [9.17, 15) is 0 Å². The highest BCUT2D eigenvalue weighted by molar-refractivity contribution is 5.84. The fourth-order valence-electron chi connectivity index (χ4n) is 2.13. The van der Waals surface area contributed by atoms with Crippen molar-refractivity contribution in [1.82, 2.24) is 20.4 Å². The quantitative estimate of drug-likeness (QED) is 0.788. The second kappa shape index (κ2) is 5.38. The number of hydrogen-bond acceptors (Lipinski definition) is 5. The highest BCUT2D eigenvalue weighted by Gasteiger charge is 2.11. The van der Waals surface area contributed by atoms with Crippen molar-refractivity contribution >= 4 is 10.9 Å². The van der Waals surface area contributed by atoms with Gasteiger partial charge in [-0.05, 0) is 31.2 Å². The van der Waals surface area contributed by atoms with Crippen LogP contribution in [0.15, 0.2) is 34.9 Å². The first kappa shape index (κ1) is 12.7. The third-order valence-corrected chi connectivity index (χ3v) is 3.15. The average Bonchev–Trinajstić information content (AvgIpc) is 2.94. The molecule has 1 aromatic carbocycles. The van der Waals surface area contributed by atoms with Crippen molar-refractivity contribution in [3.8, 4) is 11.5 Å². The Morgan fingerprint density at radius 1 is 1.20 bits per heavy atom. The van der Waals surface area contributed by atoms with E-state index in [-0.39, 0.29) is 0 Å². The zero-order valence-corrected chi connectivity index (χ0v) is 11.6. The van der Waals surface area contributed by atoms with E-state index in [0.29, 0.717) is 18.3 Å². The fraction of sp³-hybridized carbons (Fsp3) is 0.267. The van der Waals surface area contributed by atoms with E-state index >= 15 is 0 Å². The Labute approximate surface area is 117 Å². The van der Waals surface area contributed by atoms with Gasteiger partial charge in [0.25, 0.3) is 0 Å². The molecular formula is C15H16N4O. The van der Waals surface area contributed by atoms with E-state index in [1.54, 1.807) is 0 Å². The lowest BCUT2D eigenvalue weighted by Crippen LogP contribution is -2.11. The van der Waals surface area contributed by atoms with Crippen LogP contribution in [0.4, 0.5) is 0 Å². The van der Waals surface area contributed by atoms with Gasteiger partial charge in [-0.3, -0.25) is 0 Å². The van der Waals surface area contributed by atoms with Crippen LogP contribution >= 0.6 is 0 Å². The summed E-state index contributed by atoms with van der Waals surface area (Å²) < 4.78 is 5.21. The maximum Gasteiger partial charge on any atom is 0.240 e. The molecule has 0 aliphatic heterocycles. The molecule has 0 spiro atoms. The van der Waals surface area contributed by atoms with Crippen LogP contribution in [0, 0.1) is 6.92 Å². The lowest BCUT2D eigenvalue weighted by Gasteiger charge is -2.03. The molecule has 0 saturated carbocycles. The second-order valence-electron chi connectivity index (χ2n) is 4.63. The van der Waals surface area contributed by atoms with Crippen LogP contribution < -0.4 is 5.32 Å². The summed E-state index contributed by atoms with van der Waals surface area (Å²) in [5.74, 6) is 1.11. The molecule has 1 N–H and O–H groups in total. The van der Waals surface area contributed by atoms with E-state index < -0.39 is 0 Å². The third-order valence-electron chi connectivity index (χ3n) is 3.15. The normalized spacial score (nSPS) is 11.1. The van der Waals surface area contributed by atoms with Crippen molar-refractivity contribution in [3.63, 3.8) is 0 Å². The summed E-state index contributed by atoms with van der Waals surface area (Å²) in [4.78, 5) is 8.96. The number of aryl methyl sites for hydroxylation is 1. The van der Waals surface area contributed by atoms with Gasteiger partial charge >= 0.3 is 0 Å². The minimum absolute atomic E-state index is 0.534. The molecular weight excluding hydrogens is 252 g/mol. The van der Waals surface area contributed by atoms with Crippen LogP contribution in [0.2, 0.25) is 0 Å². The first-order chi connectivity index (χ1) is 9.78. The highest BCUT2D eigenvalue weighted by atomic mass is 16.5. The molecule has 0 saturated heterocycles. The summed E-state index contributed by atoms with van der Waals surface area (Å²) in [6.07, 6.45) is 0.